The number of nitrogens with one attached hydrogen (secondary N) is 1. The summed E-state index contributed by atoms with van der Waals surface area (Å²) >= 11 is 0. The first-order valence-corrected chi connectivity index (χ1v) is 10.8. The molecule has 1 saturated heterocycles. The highest BCUT2D eigenvalue weighted by atomic mass is 16.5. The summed E-state index contributed by atoms with van der Waals surface area (Å²) in [6, 6.07) is 10.6. The van der Waals surface area contributed by atoms with E-state index >= 15 is 0 Å². The Labute approximate surface area is 177 Å². The number of carbonyl (C=O) groups is 1. The van der Waals surface area contributed by atoms with E-state index in [-0.39, 0.29) is 11.8 Å². The molecule has 1 amide bonds. The molecule has 1 aliphatic heterocycles. The third-order valence-corrected chi connectivity index (χ3v) is 5.95. The van der Waals surface area contributed by atoms with E-state index in [1.165, 1.54) is 11.1 Å². The van der Waals surface area contributed by atoms with Crippen LogP contribution in [0.15, 0.2) is 41.1 Å². The van der Waals surface area contributed by atoms with Gasteiger partial charge in [0.1, 0.15) is 0 Å². The second-order valence-corrected chi connectivity index (χ2v) is 8.71. The number of likely N-dealkylation sites (tertiary alicyclic amines) is 1. The van der Waals surface area contributed by atoms with Crippen molar-refractivity contribution in [2.45, 2.75) is 46.1 Å². The Bertz CT molecular complexity index is 1000. The molecule has 1 aliphatic rings. The summed E-state index contributed by atoms with van der Waals surface area (Å²) in [7, 11) is 0. The number of aromatic nitrogens is 2. The van der Waals surface area contributed by atoms with Gasteiger partial charge in [-0.1, -0.05) is 48.8 Å². The van der Waals surface area contributed by atoms with Gasteiger partial charge in [0, 0.05) is 19.3 Å². The van der Waals surface area contributed by atoms with Crippen LogP contribution in [0.2, 0.25) is 0 Å². The lowest BCUT2D eigenvalue weighted by molar-refractivity contribution is 0.0935. The molecule has 30 heavy (non-hydrogen) atoms. The molecule has 158 valence electrons. The number of hydrogen-bond acceptors (Lipinski definition) is 5. The second kappa shape index (κ2) is 8.96. The van der Waals surface area contributed by atoms with Gasteiger partial charge in [0.15, 0.2) is 0 Å². The Hall–Kier alpha value is -2.73. The molecule has 0 aliphatic carbocycles. The number of rotatable bonds is 6. The van der Waals surface area contributed by atoms with Gasteiger partial charge in [0.25, 0.3) is 11.6 Å². The third kappa shape index (κ3) is 4.70. The number of amides is 1. The monoisotopic (exact) mass is 406 g/mol. The van der Waals surface area contributed by atoms with Gasteiger partial charge < -0.3 is 9.84 Å². The second-order valence-electron chi connectivity index (χ2n) is 8.71. The number of aryl methyl sites for hydroxylation is 1. The maximum atomic E-state index is 12.7. The van der Waals surface area contributed by atoms with Gasteiger partial charge in [-0.3, -0.25) is 9.69 Å². The third-order valence-electron chi connectivity index (χ3n) is 5.95. The molecule has 0 saturated carbocycles. The van der Waals surface area contributed by atoms with Crippen LogP contribution in [0.1, 0.15) is 59.8 Å². The lowest BCUT2D eigenvalue weighted by Crippen LogP contribution is -2.38. The SMILES string of the molecule is Cc1ccc(CN2CCC(CNC(=O)c3cnc4onc(C(C)C)c4c3)CC2)cc1. The van der Waals surface area contributed by atoms with E-state index in [2.05, 4.69) is 65.4 Å². The maximum absolute atomic E-state index is 12.7. The molecule has 0 bridgehead atoms. The van der Waals surface area contributed by atoms with Crippen LogP contribution in [0, 0.1) is 12.8 Å². The highest BCUT2D eigenvalue weighted by Crippen LogP contribution is 2.24. The van der Waals surface area contributed by atoms with Crippen molar-refractivity contribution in [1.82, 2.24) is 20.4 Å². The number of nitrogens with zero attached hydrogens (tertiary/aromatic N) is 3. The van der Waals surface area contributed by atoms with E-state index in [1.807, 2.05) is 6.07 Å². The Balaban J connectivity index is 1.28. The summed E-state index contributed by atoms with van der Waals surface area (Å²) in [5.74, 6) is 0.653. The molecular weight excluding hydrogens is 376 g/mol. The average molecular weight is 407 g/mol. The minimum Gasteiger partial charge on any atom is -0.352 e. The summed E-state index contributed by atoms with van der Waals surface area (Å²) in [5.41, 5.74) is 4.55. The van der Waals surface area contributed by atoms with Gasteiger partial charge in [0.05, 0.1) is 16.6 Å². The fraction of sp³-hybridized carbons (Fsp3) is 0.458. The molecule has 1 aromatic carbocycles. The van der Waals surface area contributed by atoms with Crippen LogP contribution in [0.5, 0.6) is 0 Å². The molecule has 3 heterocycles. The first-order valence-electron chi connectivity index (χ1n) is 10.8. The standard InChI is InChI=1S/C24H30N4O2/c1-16(2)22-21-12-20(14-26-24(21)30-27-22)23(29)25-13-18-8-10-28(11-9-18)15-19-6-4-17(3)5-7-19/h4-7,12,14,16,18H,8-11,13,15H2,1-3H3,(H,25,29). The number of fused-ring (bicyclic) bond motifs is 1. The molecule has 0 unspecified atom stereocenters. The fourth-order valence-corrected chi connectivity index (χ4v) is 4.03. The molecule has 4 rings (SSSR count). The van der Waals surface area contributed by atoms with Crippen molar-refractivity contribution in [2.24, 2.45) is 5.92 Å². The van der Waals surface area contributed by atoms with Crippen molar-refractivity contribution >= 4 is 17.0 Å². The fourth-order valence-electron chi connectivity index (χ4n) is 4.03. The van der Waals surface area contributed by atoms with Gasteiger partial charge in [-0.2, -0.15) is 0 Å². The predicted molar refractivity (Wildman–Crippen MR) is 117 cm³/mol. The van der Waals surface area contributed by atoms with Gasteiger partial charge in [-0.15, -0.1) is 0 Å². The molecule has 3 aromatic rings. The van der Waals surface area contributed by atoms with Crippen LogP contribution in [0.4, 0.5) is 0 Å². The zero-order chi connectivity index (χ0) is 21.1. The normalized spacial score (nSPS) is 15.7. The van der Waals surface area contributed by atoms with Crippen molar-refractivity contribution < 1.29 is 9.32 Å². The predicted octanol–water partition coefficient (Wildman–Crippen LogP) is 4.30. The van der Waals surface area contributed by atoms with Gasteiger partial charge >= 0.3 is 0 Å². The summed E-state index contributed by atoms with van der Waals surface area (Å²) in [4.78, 5) is 19.4. The van der Waals surface area contributed by atoms with Crippen LogP contribution in [0.25, 0.3) is 11.1 Å². The smallest absolute Gasteiger partial charge is 0.257 e. The summed E-state index contributed by atoms with van der Waals surface area (Å²) in [5, 5.41) is 8.00. The highest BCUT2D eigenvalue weighted by molar-refractivity contribution is 5.97. The highest BCUT2D eigenvalue weighted by Gasteiger charge is 2.21. The van der Waals surface area contributed by atoms with E-state index in [9.17, 15) is 4.79 Å². The van der Waals surface area contributed by atoms with E-state index in [4.69, 9.17) is 4.52 Å². The summed E-state index contributed by atoms with van der Waals surface area (Å²) < 4.78 is 5.26. The van der Waals surface area contributed by atoms with Crippen molar-refractivity contribution in [1.29, 1.82) is 0 Å². The van der Waals surface area contributed by atoms with Gasteiger partial charge in [-0.25, -0.2) is 4.98 Å². The van der Waals surface area contributed by atoms with Crippen LogP contribution < -0.4 is 5.32 Å². The Morgan fingerprint density at radius 2 is 1.97 bits per heavy atom. The maximum Gasteiger partial charge on any atom is 0.257 e. The van der Waals surface area contributed by atoms with Gasteiger partial charge in [-0.05, 0) is 56.3 Å². The molecule has 1 fully saturated rings. The number of pyridine rings is 1. The van der Waals surface area contributed by atoms with E-state index < -0.39 is 0 Å². The molecule has 6 nitrogen and oxygen atoms in total. The van der Waals surface area contributed by atoms with E-state index in [1.54, 1.807) is 6.20 Å². The largest absolute Gasteiger partial charge is 0.352 e. The van der Waals surface area contributed by atoms with Crippen LogP contribution in [-0.2, 0) is 6.54 Å². The Morgan fingerprint density at radius 1 is 1.23 bits per heavy atom. The zero-order valence-corrected chi connectivity index (χ0v) is 18.0. The van der Waals surface area contributed by atoms with Crippen molar-refractivity contribution in [3.05, 3.63) is 58.9 Å². The minimum atomic E-state index is -0.0811. The zero-order valence-electron chi connectivity index (χ0n) is 18.0. The van der Waals surface area contributed by atoms with Gasteiger partial charge in [0.2, 0.25) is 0 Å². The number of hydrogen-bond donors (Lipinski definition) is 1. The Kier molecular flexibility index (Phi) is 6.13. The minimum absolute atomic E-state index is 0.0811. The number of carbonyl (C=O) groups excluding carboxylic acids is 1. The molecule has 0 spiro atoms. The molecular formula is C24H30N4O2. The molecule has 0 atom stereocenters. The average Bonchev–Trinajstić information content (AvgIpc) is 3.18. The Morgan fingerprint density at radius 3 is 2.67 bits per heavy atom. The lowest BCUT2D eigenvalue weighted by Gasteiger charge is -2.32. The van der Waals surface area contributed by atoms with E-state index in [0.29, 0.717) is 23.7 Å². The molecule has 1 N–H and O–H groups in total. The van der Waals surface area contributed by atoms with Crippen LogP contribution in [-0.4, -0.2) is 40.6 Å². The molecule has 0 radical (unpaired) electrons. The number of piperidine rings is 1. The van der Waals surface area contributed by atoms with Crippen molar-refractivity contribution in [3.8, 4) is 0 Å². The lowest BCUT2D eigenvalue weighted by atomic mass is 9.96. The van der Waals surface area contributed by atoms with Crippen molar-refractivity contribution in [3.63, 3.8) is 0 Å². The van der Waals surface area contributed by atoms with Crippen molar-refractivity contribution in [2.75, 3.05) is 19.6 Å². The molecule has 6 heteroatoms. The topological polar surface area (TPSA) is 71.3 Å². The summed E-state index contributed by atoms with van der Waals surface area (Å²) in [6.45, 7) is 10.1. The quantitative estimate of drug-likeness (QED) is 0.661. The number of benzene rings is 1. The first-order chi connectivity index (χ1) is 14.5. The van der Waals surface area contributed by atoms with E-state index in [0.717, 1.165) is 43.6 Å². The molecule has 2 aromatic heterocycles. The van der Waals surface area contributed by atoms with Crippen LogP contribution in [0.3, 0.4) is 0 Å². The van der Waals surface area contributed by atoms with Crippen LogP contribution >= 0.6 is 0 Å². The first kappa shape index (κ1) is 20.5. The summed E-state index contributed by atoms with van der Waals surface area (Å²) in [6.07, 6.45) is 3.77.